The van der Waals surface area contributed by atoms with E-state index in [2.05, 4.69) is 10.6 Å². The molecule has 0 unspecified atom stereocenters. The van der Waals surface area contributed by atoms with Gasteiger partial charge >= 0.3 is 12.2 Å². The maximum absolute atomic E-state index is 13.8. The third kappa shape index (κ3) is 7.40. The van der Waals surface area contributed by atoms with E-state index in [0.29, 0.717) is 0 Å². The van der Waals surface area contributed by atoms with Gasteiger partial charge in [-0.1, -0.05) is 30.3 Å². The first kappa shape index (κ1) is 20.9. The van der Waals surface area contributed by atoms with E-state index in [1.54, 1.807) is 32.9 Å². The molecule has 2 atom stereocenters. The second kappa shape index (κ2) is 8.54. The van der Waals surface area contributed by atoms with Crippen LogP contribution in [0.3, 0.4) is 0 Å². The molecule has 6 nitrogen and oxygen atoms in total. The molecule has 1 aromatic carbocycles. The van der Waals surface area contributed by atoms with Gasteiger partial charge in [-0.15, -0.1) is 0 Å². The molecule has 0 spiro atoms. The van der Waals surface area contributed by atoms with Crippen molar-refractivity contribution in [3.8, 4) is 0 Å². The van der Waals surface area contributed by atoms with Gasteiger partial charge in [0, 0.05) is 12.8 Å². The van der Waals surface area contributed by atoms with E-state index in [9.17, 15) is 18.4 Å². The molecular formula is C19H26F2N2O4. The summed E-state index contributed by atoms with van der Waals surface area (Å²) < 4.78 is 37.8. The van der Waals surface area contributed by atoms with E-state index >= 15 is 0 Å². The Bertz CT molecular complexity index is 647. The quantitative estimate of drug-likeness (QED) is 0.823. The topological polar surface area (TPSA) is 76.7 Å². The molecular weight excluding hydrogens is 358 g/mol. The zero-order chi connectivity index (χ0) is 20.1. The number of ether oxygens (including phenoxy) is 2. The number of nitrogens with one attached hydrogen (secondary N) is 2. The van der Waals surface area contributed by atoms with Gasteiger partial charge < -0.3 is 20.1 Å². The summed E-state index contributed by atoms with van der Waals surface area (Å²) >= 11 is 0. The van der Waals surface area contributed by atoms with Crippen molar-refractivity contribution in [3.63, 3.8) is 0 Å². The molecule has 1 aliphatic carbocycles. The number of halogens is 2. The maximum Gasteiger partial charge on any atom is 0.407 e. The van der Waals surface area contributed by atoms with Crippen molar-refractivity contribution in [2.75, 3.05) is 0 Å². The first-order valence-electron chi connectivity index (χ1n) is 8.89. The normalized spacial score (nSPS) is 21.8. The molecule has 0 aliphatic heterocycles. The van der Waals surface area contributed by atoms with E-state index in [1.165, 1.54) is 0 Å². The van der Waals surface area contributed by atoms with Crippen molar-refractivity contribution < 1.29 is 27.8 Å². The van der Waals surface area contributed by atoms with Gasteiger partial charge in [0.25, 0.3) is 0 Å². The molecule has 0 radical (unpaired) electrons. The molecule has 2 amide bonds. The highest BCUT2D eigenvalue weighted by atomic mass is 19.3. The second-order valence-electron chi connectivity index (χ2n) is 7.66. The Morgan fingerprint density at radius 1 is 1.11 bits per heavy atom. The molecule has 2 N–H and O–H groups in total. The van der Waals surface area contributed by atoms with Gasteiger partial charge in [0.2, 0.25) is 5.92 Å². The molecule has 27 heavy (non-hydrogen) atoms. The van der Waals surface area contributed by atoms with E-state index < -0.39 is 42.2 Å². The van der Waals surface area contributed by atoms with Crippen LogP contribution in [-0.2, 0) is 16.1 Å². The Labute approximate surface area is 157 Å². The van der Waals surface area contributed by atoms with Crippen LogP contribution in [0, 0.1) is 0 Å². The fraction of sp³-hybridized carbons (Fsp3) is 0.579. The van der Waals surface area contributed by atoms with Crippen LogP contribution in [0.4, 0.5) is 18.4 Å². The minimum atomic E-state index is -2.91. The van der Waals surface area contributed by atoms with Crippen molar-refractivity contribution in [3.05, 3.63) is 35.9 Å². The fourth-order valence-corrected chi connectivity index (χ4v) is 2.83. The van der Waals surface area contributed by atoms with Crippen LogP contribution in [0.25, 0.3) is 0 Å². The van der Waals surface area contributed by atoms with Crippen molar-refractivity contribution >= 4 is 12.2 Å². The lowest BCUT2D eigenvalue weighted by Gasteiger charge is -2.36. The predicted molar refractivity (Wildman–Crippen MR) is 95.5 cm³/mol. The minimum absolute atomic E-state index is 0.0217. The first-order chi connectivity index (χ1) is 12.5. The van der Waals surface area contributed by atoms with Gasteiger partial charge in [0.1, 0.15) is 12.2 Å². The summed E-state index contributed by atoms with van der Waals surface area (Å²) in [6, 6.07) is 7.48. The van der Waals surface area contributed by atoms with Gasteiger partial charge in [0.15, 0.2) is 0 Å². The average molecular weight is 384 g/mol. The van der Waals surface area contributed by atoms with Gasteiger partial charge in [-0.05, 0) is 32.8 Å². The van der Waals surface area contributed by atoms with Crippen LogP contribution < -0.4 is 10.6 Å². The Kier molecular flexibility index (Phi) is 6.62. The molecule has 150 valence electrons. The van der Waals surface area contributed by atoms with E-state index in [1.807, 2.05) is 18.2 Å². The van der Waals surface area contributed by atoms with Crippen LogP contribution in [0.5, 0.6) is 0 Å². The molecule has 0 bridgehead atoms. The minimum Gasteiger partial charge on any atom is -0.445 e. The number of hydrogen-bond acceptors (Lipinski definition) is 4. The highest BCUT2D eigenvalue weighted by Crippen LogP contribution is 2.33. The lowest BCUT2D eigenvalue weighted by Crippen LogP contribution is -2.57. The average Bonchev–Trinajstić information content (AvgIpc) is 2.54. The molecule has 1 fully saturated rings. The molecule has 1 saturated carbocycles. The van der Waals surface area contributed by atoms with Crippen LogP contribution >= 0.6 is 0 Å². The number of benzene rings is 1. The summed E-state index contributed by atoms with van der Waals surface area (Å²) in [5.74, 6) is -2.91. The van der Waals surface area contributed by atoms with E-state index in [0.717, 1.165) is 5.56 Å². The van der Waals surface area contributed by atoms with Crippen LogP contribution in [0.2, 0.25) is 0 Å². The highest BCUT2D eigenvalue weighted by molar-refractivity contribution is 5.70. The number of amides is 2. The smallest absolute Gasteiger partial charge is 0.407 e. The largest absolute Gasteiger partial charge is 0.445 e. The lowest BCUT2D eigenvalue weighted by molar-refractivity contribution is -0.0526. The van der Waals surface area contributed by atoms with E-state index in [4.69, 9.17) is 9.47 Å². The Hall–Kier alpha value is -2.38. The summed E-state index contributed by atoms with van der Waals surface area (Å²) in [5.41, 5.74) is 0.0602. The van der Waals surface area contributed by atoms with Crippen molar-refractivity contribution in [2.45, 2.75) is 70.2 Å². The molecule has 0 saturated heterocycles. The third-order valence-corrected chi connectivity index (χ3v) is 4.04. The zero-order valence-corrected chi connectivity index (χ0v) is 15.8. The lowest BCUT2D eigenvalue weighted by atomic mass is 9.87. The zero-order valence-electron chi connectivity index (χ0n) is 15.8. The summed E-state index contributed by atoms with van der Waals surface area (Å²) in [4.78, 5) is 24.0. The van der Waals surface area contributed by atoms with E-state index in [-0.39, 0.29) is 19.4 Å². The number of alkyl carbamates (subject to hydrolysis) is 2. The van der Waals surface area contributed by atoms with Gasteiger partial charge in [0.05, 0.1) is 12.1 Å². The molecule has 0 heterocycles. The molecule has 2 rings (SSSR count). The monoisotopic (exact) mass is 384 g/mol. The molecule has 1 aromatic rings. The summed E-state index contributed by atoms with van der Waals surface area (Å²) in [7, 11) is 0. The van der Waals surface area contributed by atoms with Gasteiger partial charge in [-0.25, -0.2) is 18.4 Å². The highest BCUT2D eigenvalue weighted by Gasteiger charge is 2.43. The van der Waals surface area contributed by atoms with Crippen molar-refractivity contribution in [2.24, 2.45) is 0 Å². The van der Waals surface area contributed by atoms with Gasteiger partial charge in [-0.3, -0.25) is 0 Å². The molecule has 1 aliphatic rings. The first-order valence-corrected chi connectivity index (χ1v) is 8.89. The number of rotatable bonds is 4. The number of carbonyl (C=O) groups is 2. The summed E-state index contributed by atoms with van der Waals surface area (Å²) in [5, 5.41) is 5.03. The van der Waals surface area contributed by atoms with Crippen LogP contribution in [0.15, 0.2) is 30.3 Å². The van der Waals surface area contributed by atoms with Gasteiger partial charge in [-0.2, -0.15) is 0 Å². The Morgan fingerprint density at radius 3 is 2.37 bits per heavy atom. The predicted octanol–water partition coefficient (Wildman–Crippen LogP) is 3.99. The van der Waals surface area contributed by atoms with Crippen LogP contribution in [-0.4, -0.2) is 35.8 Å². The maximum atomic E-state index is 13.8. The number of hydrogen-bond donors (Lipinski definition) is 2. The number of carbonyl (C=O) groups excluding carboxylic acids is 2. The molecule has 8 heteroatoms. The van der Waals surface area contributed by atoms with Crippen LogP contribution in [0.1, 0.15) is 45.6 Å². The second-order valence-corrected chi connectivity index (χ2v) is 7.66. The Balaban J connectivity index is 1.93. The Morgan fingerprint density at radius 2 is 1.74 bits per heavy atom. The molecule has 0 aromatic heterocycles. The fourth-order valence-electron chi connectivity index (χ4n) is 2.83. The SMILES string of the molecule is CC(C)(C)OC(=O)N[C@@H]1CC(F)(F)CC[C@H]1NC(=O)OCc1ccccc1. The summed E-state index contributed by atoms with van der Waals surface area (Å²) in [6.07, 6.45) is -2.44. The third-order valence-electron chi connectivity index (χ3n) is 4.04. The van der Waals surface area contributed by atoms with Crippen molar-refractivity contribution in [1.82, 2.24) is 10.6 Å². The van der Waals surface area contributed by atoms with Crippen molar-refractivity contribution in [1.29, 1.82) is 0 Å². The number of alkyl halides is 2. The standard InChI is InChI=1S/C19H26F2N2O4/c1-18(2,3)27-17(25)23-15-11-19(20,21)10-9-14(15)22-16(24)26-12-13-7-5-4-6-8-13/h4-8,14-15H,9-12H2,1-3H3,(H,22,24)(H,23,25)/t14-,15-/m1/s1. The summed E-state index contributed by atoms with van der Waals surface area (Å²) in [6.45, 7) is 5.11.